The number of urea groups is 1. The molecule has 3 atom stereocenters. The van der Waals surface area contributed by atoms with Gasteiger partial charge in [-0.2, -0.15) is 0 Å². The molecule has 0 spiro atoms. The van der Waals surface area contributed by atoms with Gasteiger partial charge in [0.15, 0.2) is 0 Å². The second-order valence-corrected chi connectivity index (χ2v) is 6.47. The molecule has 1 aliphatic heterocycles. The molecule has 2 aliphatic carbocycles. The fourth-order valence-electron chi connectivity index (χ4n) is 3.58. The van der Waals surface area contributed by atoms with Crippen LogP contribution in [-0.4, -0.2) is 64.3 Å². The van der Waals surface area contributed by atoms with Crippen LogP contribution < -0.4 is 0 Å². The quantitative estimate of drug-likeness (QED) is 0.791. The maximum atomic E-state index is 12.5. The monoisotopic (exact) mass is 282 g/mol. The Labute approximate surface area is 118 Å². The lowest BCUT2D eigenvalue weighted by Gasteiger charge is -2.27. The maximum absolute atomic E-state index is 12.5. The van der Waals surface area contributed by atoms with Crippen LogP contribution in [0.4, 0.5) is 4.79 Å². The van der Waals surface area contributed by atoms with Gasteiger partial charge in [0.2, 0.25) is 0 Å². The molecule has 2 saturated carbocycles. The van der Waals surface area contributed by atoms with Crippen molar-refractivity contribution in [3.63, 3.8) is 0 Å². The lowest BCUT2D eigenvalue weighted by molar-refractivity contribution is -0.137. The van der Waals surface area contributed by atoms with Crippen molar-refractivity contribution in [3.05, 3.63) is 0 Å². The number of rotatable bonds is 4. The predicted molar refractivity (Wildman–Crippen MR) is 71.1 cm³/mol. The first-order valence-electron chi connectivity index (χ1n) is 7.48. The van der Waals surface area contributed by atoms with Crippen molar-refractivity contribution in [1.82, 2.24) is 9.80 Å². The van der Waals surface area contributed by atoms with E-state index < -0.39 is 5.97 Å². The maximum Gasteiger partial charge on any atom is 0.323 e. The first-order chi connectivity index (χ1) is 9.54. The molecular formula is C14H22N2O4. The third kappa shape index (κ3) is 2.75. The average molecular weight is 282 g/mol. The highest BCUT2D eigenvalue weighted by Gasteiger charge is 2.44. The third-order valence-corrected chi connectivity index (χ3v) is 4.86. The number of hydrogen-bond acceptors (Lipinski definition) is 3. The SMILES string of the molecule is O=C(O)CN(CC1CC1)C(=O)N1CC2CCC(O)C2C1. The number of fused-ring (bicyclic) bond motifs is 1. The molecule has 3 rings (SSSR count). The van der Waals surface area contributed by atoms with Gasteiger partial charge in [0, 0.05) is 25.6 Å². The van der Waals surface area contributed by atoms with Crippen LogP contribution in [0.3, 0.4) is 0 Å². The lowest BCUT2D eigenvalue weighted by Crippen LogP contribution is -2.46. The number of amides is 2. The highest BCUT2D eigenvalue weighted by Crippen LogP contribution is 2.38. The summed E-state index contributed by atoms with van der Waals surface area (Å²) in [7, 11) is 0. The summed E-state index contributed by atoms with van der Waals surface area (Å²) in [6.07, 6.45) is 3.69. The minimum absolute atomic E-state index is 0.166. The van der Waals surface area contributed by atoms with Crippen molar-refractivity contribution in [3.8, 4) is 0 Å². The molecule has 3 fully saturated rings. The van der Waals surface area contributed by atoms with Gasteiger partial charge in [-0.1, -0.05) is 0 Å². The number of carboxylic acid groups (broad SMARTS) is 1. The first kappa shape index (κ1) is 13.7. The number of nitrogens with zero attached hydrogens (tertiary/aromatic N) is 2. The largest absolute Gasteiger partial charge is 0.480 e. The summed E-state index contributed by atoms with van der Waals surface area (Å²) in [5.74, 6) is 0.0949. The fraction of sp³-hybridized carbons (Fsp3) is 0.857. The predicted octanol–water partition coefficient (Wildman–Crippen LogP) is 0.606. The molecule has 20 heavy (non-hydrogen) atoms. The molecule has 2 N–H and O–H groups in total. The van der Waals surface area contributed by atoms with Crippen LogP contribution in [0.25, 0.3) is 0 Å². The Balaban J connectivity index is 1.62. The van der Waals surface area contributed by atoms with E-state index in [0.717, 1.165) is 25.7 Å². The van der Waals surface area contributed by atoms with Crippen molar-refractivity contribution in [2.45, 2.75) is 31.8 Å². The standard InChI is InChI=1S/C14H22N2O4/c17-12-4-3-10-6-16(7-11(10)12)14(20)15(8-13(18)19)5-9-1-2-9/h9-12,17H,1-8H2,(H,18,19). The van der Waals surface area contributed by atoms with Crippen molar-refractivity contribution in [2.24, 2.45) is 17.8 Å². The van der Waals surface area contributed by atoms with Crippen LogP contribution in [0.15, 0.2) is 0 Å². The van der Waals surface area contributed by atoms with Gasteiger partial charge in [-0.3, -0.25) is 4.79 Å². The zero-order valence-electron chi connectivity index (χ0n) is 11.6. The van der Waals surface area contributed by atoms with Gasteiger partial charge in [0.25, 0.3) is 0 Å². The molecule has 1 heterocycles. The summed E-state index contributed by atoms with van der Waals surface area (Å²) >= 11 is 0. The second kappa shape index (κ2) is 5.24. The number of aliphatic carboxylic acids is 1. The van der Waals surface area contributed by atoms with E-state index in [0.29, 0.717) is 31.5 Å². The van der Waals surface area contributed by atoms with E-state index >= 15 is 0 Å². The zero-order chi connectivity index (χ0) is 14.3. The molecular weight excluding hydrogens is 260 g/mol. The Morgan fingerprint density at radius 3 is 2.50 bits per heavy atom. The minimum Gasteiger partial charge on any atom is -0.480 e. The summed E-state index contributed by atoms with van der Waals surface area (Å²) < 4.78 is 0. The first-order valence-corrected chi connectivity index (χ1v) is 7.48. The summed E-state index contributed by atoms with van der Waals surface area (Å²) in [5.41, 5.74) is 0. The van der Waals surface area contributed by atoms with Crippen LogP contribution in [0, 0.1) is 17.8 Å². The van der Waals surface area contributed by atoms with Gasteiger partial charge >= 0.3 is 12.0 Å². The number of hydrogen-bond donors (Lipinski definition) is 2. The van der Waals surface area contributed by atoms with Crippen molar-refractivity contribution < 1.29 is 19.8 Å². The van der Waals surface area contributed by atoms with E-state index in [4.69, 9.17) is 5.11 Å². The van der Waals surface area contributed by atoms with Gasteiger partial charge < -0.3 is 20.0 Å². The van der Waals surface area contributed by atoms with Crippen molar-refractivity contribution in [2.75, 3.05) is 26.2 Å². The molecule has 0 aromatic heterocycles. The summed E-state index contributed by atoms with van der Waals surface area (Å²) in [6, 6.07) is -0.166. The average Bonchev–Trinajstić information content (AvgIpc) is 2.99. The molecule has 6 nitrogen and oxygen atoms in total. The van der Waals surface area contributed by atoms with Crippen LogP contribution in [0.2, 0.25) is 0 Å². The normalized spacial score (nSPS) is 32.2. The van der Waals surface area contributed by atoms with Crippen LogP contribution in [0.1, 0.15) is 25.7 Å². The third-order valence-electron chi connectivity index (χ3n) is 4.86. The number of carbonyl (C=O) groups excluding carboxylic acids is 1. The highest BCUT2D eigenvalue weighted by atomic mass is 16.4. The molecule has 0 radical (unpaired) electrons. The van der Waals surface area contributed by atoms with Crippen molar-refractivity contribution >= 4 is 12.0 Å². The van der Waals surface area contributed by atoms with Crippen LogP contribution in [0.5, 0.6) is 0 Å². The summed E-state index contributed by atoms with van der Waals surface area (Å²) in [4.78, 5) is 26.6. The number of aliphatic hydroxyl groups excluding tert-OH is 1. The van der Waals surface area contributed by atoms with Gasteiger partial charge in [-0.25, -0.2) is 4.79 Å². The van der Waals surface area contributed by atoms with E-state index in [2.05, 4.69) is 0 Å². The molecule has 0 aromatic carbocycles. The van der Waals surface area contributed by atoms with Gasteiger partial charge in [-0.05, 0) is 37.5 Å². The Morgan fingerprint density at radius 2 is 1.90 bits per heavy atom. The van der Waals surface area contributed by atoms with Gasteiger partial charge in [0.05, 0.1) is 6.10 Å². The van der Waals surface area contributed by atoms with E-state index in [-0.39, 0.29) is 24.6 Å². The van der Waals surface area contributed by atoms with E-state index in [1.165, 1.54) is 4.90 Å². The molecule has 3 unspecified atom stereocenters. The summed E-state index contributed by atoms with van der Waals surface area (Å²) in [5, 5.41) is 18.9. The van der Waals surface area contributed by atoms with E-state index in [1.807, 2.05) is 0 Å². The summed E-state index contributed by atoms with van der Waals surface area (Å²) in [6.45, 7) is 1.58. The molecule has 0 aromatic rings. The molecule has 0 bridgehead atoms. The fourth-order valence-corrected chi connectivity index (χ4v) is 3.58. The van der Waals surface area contributed by atoms with Gasteiger partial charge in [0.1, 0.15) is 6.54 Å². The highest BCUT2D eigenvalue weighted by molar-refractivity contribution is 5.80. The minimum atomic E-state index is -0.960. The number of likely N-dealkylation sites (tertiary alicyclic amines) is 1. The number of carboxylic acids is 1. The Bertz CT molecular complexity index is 410. The van der Waals surface area contributed by atoms with Crippen LogP contribution >= 0.6 is 0 Å². The van der Waals surface area contributed by atoms with E-state index in [9.17, 15) is 14.7 Å². The van der Waals surface area contributed by atoms with Crippen LogP contribution in [-0.2, 0) is 4.79 Å². The smallest absolute Gasteiger partial charge is 0.323 e. The molecule has 3 aliphatic rings. The van der Waals surface area contributed by atoms with Crippen molar-refractivity contribution in [1.29, 1.82) is 0 Å². The zero-order valence-corrected chi connectivity index (χ0v) is 11.6. The molecule has 6 heteroatoms. The Morgan fingerprint density at radius 1 is 1.15 bits per heavy atom. The molecule has 112 valence electrons. The topological polar surface area (TPSA) is 81.1 Å². The van der Waals surface area contributed by atoms with E-state index in [1.54, 1.807) is 4.90 Å². The van der Waals surface area contributed by atoms with Gasteiger partial charge in [-0.15, -0.1) is 0 Å². The number of aliphatic hydroxyl groups is 1. The Hall–Kier alpha value is -1.30. The number of carbonyl (C=O) groups is 2. The lowest BCUT2D eigenvalue weighted by atomic mass is 10.00. The molecule has 1 saturated heterocycles. The molecule has 2 amide bonds. The Kier molecular flexibility index (Phi) is 3.58. The second-order valence-electron chi connectivity index (χ2n) is 6.47.